The summed E-state index contributed by atoms with van der Waals surface area (Å²) in [5.74, 6) is 0.640. The van der Waals surface area contributed by atoms with E-state index in [0.29, 0.717) is 19.1 Å². The number of thiophene rings is 1. The minimum absolute atomic E-state index is 0.418. The molecule has 1 aromatic heterocycles. The lowest BCUT2D eigenvalue weighted by Gasteiger charge is -2.17. The van der Waals surface area contributed by atoms with Crippen LogP contribution in [0.3, 0.4) is 0 Å². The summed E-state index contributed by atoms with van der Waals surface area (Å²) < 4.78 is 5.65. The van der Waals surface area contributed by atoms with Crippen molar-refractivity contribution in [3.05, 3.63) is 22.4 Å². The third-order valence-corrected chi connectivity index (χ3v) is 4.34. The second-order valence-corrected chi connectivity index (χ2v) is 6.35. The Hall–Kier alpha value is -0.420. The molecule has 20 heavy (non-hydrogen) atoms. The van der Waals surface area contributed by atoms with Gasteiger partial charge in [-0.15, -0.1) is 11.3 Å². The van der Waals surface area contributed by atoms with Crippen LogP contribution in [0.25, 0.3) is 0 Å². The molecular weight excluding hydrogens is 270 g/mol. The molecule has 0 aliphatic carbocycles. The van der Waals surface area contributed by atoms with E-state index in [1.54, 1.807) is 11.3 Å². The Kier molecular flexibility index (Phi) is 9.93. The molecule has 1 heterocycles. The van der Waals surface area contributed by atoms with Crippen LogP contribution in [0.1, 0.15) is 44.4 Å². The molecule has 0 bridgehead atoms. The first-order chi connectivity index (χ1) is 9.76. The first kappa shape index (κ1) is 17.6. The summed E-state index contributed by atoms with van der Waals surface area (Å²) in [6, 6.07) is 4.14. The topological polar surface area (TPSA) is 41.5 Å². The van der Waals surface area contributed by atoms with Gasteiger partial charge in [-0.2, -0.15) is 0 Å². The van der Waals surface area contributed by atoms with Crippen LogP contribution in [0.4, 0.5) is 0 Å². The number of aliphatic hydroxyl groups excluding tert-OH is 1. The number of ether oxygens (including phenoxy) is 1. The van der Waals surface area contributed by atoms with Gasteiger partial charge in [0.05, 0.1) is 12.7 Å². The zero-order valence-electron chi connectivity index (χ0n) is 12.8. The van der Waals surface area contributed by atoms with E-state index in [9.17, 15) is 5.11 Å². The summed E-state index contributed by atoms with van der Waals surface area (Å²) in [5, 5.41) is 15.2. The molecule has 0 spiro atoms. The van der Waals surface area contributed by atoms with Gasteiger partial charge < -0.3 is 15.2 Å². The number of hydrogen-bond acceptors (Lipinski definition) is 4. The molecule has 3 nitrogen and oxygen atoms in total. The number of unbranched alkanes of at least 4 members (excludes halogenated alkanes) is 1. The minimum atomic E-state index is -0.418. The van der Waals surface area contributed by atoms with Gasteiger partial charge >= 0.3 is 0 Å². The highest BCUT2D eigenvalue weighted by molar-refractivity contribution is 7.09. The molecule has 1 aromatic rings. The van der Waals surface area contributed by atoms with Gasteiger partial charge in [0.2, 0.25) is 0 Å². The fourth-order valence-electron chi connectivity index (χ4n) is 2.10. The first-order valence-corrected chi connectivity index (χ1v) is 8.63. The van der Waals surface area contributed by atoms with Crippen molar-refractivity contribution in [2.45, 2.75) is 52.2 Å². The fraction of sp³-hybridized carbons (Fsp3) is 0.750. The largest absolute Gasteiger partial charge is 0.389 e. The summed E-state index contributed by atoms with van der Waals surface area (Å²) in [4.78, 5) is 1.30. The van der Waals surface area contributed by atoms with Crippen LogP contribution in [-0.4, -0.2) is 31.0 Å². The molecular formula is C16H29NO2S. The Balaban J connectivity index is 2.02. The summed E-state index contributed by atoms with van der Waals surface area (Å²) in [7, 11) is 0. The zero-order valence-corrected chi connectivity index (χ0v) is 13.6. The van der Waals surface area contributed by atoms with Gasteiger partial charge in [0.25, 0.3) is 0 Å². The highest BCUT2D eigenvalue weighted by atomic mass is 32.1. The van der Waals surface area contributed by atoms with Crippen LogP contribution >= 0.6 is 11.3 Å². The van der Waals surface area contributed by atoms with E-state index in [4.69, 9.17) is 4.74 Å². The quantitative estimate of drug-likeness (QED) is 0.621. The van der Waals surface area contributed by atoms with Crippen molar-refractivity contribution in [3.63, 3.8) is 0 Å². The summed E-state index contributed by atoms with van der Waals surface area (Å²) in [6.07, 6.45) is 4.49. The SMILES string of the molecule is CCCCC(CC)COCC(O)CNCc1cccs1. The van der Waals surface area contributed by atoms with Crippen LogP contribution in [0.2, 0.25) is 0 Å². The molecule has 0 saturated carbocycles. The Labute approximate surface area is 127 Å². The van der Waals surface area contributed by atoms with Gasteiger partial charge in [0.1, 0.15) is 0 Å². The summed E-state index contributed by atoms with van der Waals surface area (Å²) in [6.45, 7) is 7.05. The van der Waals surface area contributed by atoms with Gasteiger partial charge in [-0.25, -0.2) is 0 Å². The molecule has 2 N–H and O–H groups in total. The molecule has 0 aliphatic rings. The molecule has 0 saturated heterocycles. The van der Waals surface area contributed by atoms with Crippen LogP contribution in [0, 0.1) is 5.92 Å². The number of rotatable bonds is 12. The zero-order chi connectivity index (χ0) is 14.6. The maximum Gasteiger partial charge on any atom is 0.0897 e. The third-order valence-electron chi connectivity index (χ3n) is 3.47. The van der Waals surface area contributed by atoms with Crippen molar-refractivity contribution in [1.29, 1.82) is 0 Å². The molecule has 0 fully saturated rings. The Morgan fingerprint density at radius 1 is 1.35 bits per heavy atom. The van der Waals surface area contributed by atoms with Crippen molar-refractivity contribution in [1.82, 2.24) is 5.32 Å². The molecule has 0 amide bonds. The predicted octanol–water partition coefficient (Wildman–Crippen LogP) is 3.43. The second kappa shape index (κ2) is 11.3. The second-order valence-electron chi connectivity index (χ2n) is 5.32. The molecule has 4 heteroatoms. The minimum Gasteiger partial charge on any atom is -0.389 e. The van der Waals surface area contributed by atoms with Crippen molar-refractivity contribution in [2.24, 2.45) is 5.92 Å². The lowest BCUT2D eigenvalue weighted by atomic mass is 10.0. The van der Waals surface area contributed by atoms with Crippen LogP contribution in [0.5, 0.6) is 0 Å². The molecule has 1 rings (SSSR count). The Bertz CT molecular complexity index is 316. The third kappa shape index (κ3) is 8.00. The Morgan fingerprint density at radius 3 is 2.85 bits per heavy atom. The van der Waals surface area contributed by atoms with Crippen molar-refractivity contribution < 1.29 is 9.84 Å². The molecule has 2 unspecified atom stereocenters. The standard InChI is InChI=1S/C16H29NO2S/c1-3-5-7-14(4-2)12-19-13-15(18)10-17-11-16-8-6-9-20-16/h6,8-9,14-15,17-18H,3-5,7,10-13H2,1-2H3. The fourth-order valence-corrected chi connectivity index (χ4v) is 2.78. The molecule has 0 aromatic carbocycles. The molecule has 2 atom stereocenters. The van der Waals surface area contributed by atoms with E-state index in [1.807, 2.05) is 6.07 Å². The van der Waals surface area contributed by atoms with E-state index in [-0.39, 0.29) is 0 Å². The van der Waals surface area contributed by atoms with E-state index in [0.717, 1.165) is 19.6 Å². The van der Waals surface area contributed by atoms with Crippen molar-refractivity contribution in [2.75, 3.05) is 19.8 Å². The molecule has 116 valence electrons. The van der Waals surface area contributed by atoms with Gasteiger partial charge in [-0.05, 0) is 23.8 Å². The van der Waals surface area contributed by atoms with E-state index in [1.165, 1.54) is 24.1 Å². The van der Waals surface area contributed by atoms with Gasteiger partial charge in [0.15, 0.2) is 0 Å². The highest BCUT2D eigenvalue weighted by Crippen LogP contribution is 2.13. The monoisotopic (exact) mass is 299 g/mol. The van der Waals surface area contributed by atoms with Crippen LogP contribution in [-0.2, 0) is 11.3 Å². The molecule has 0 radical (unpaired) electrons. The van der Waals surface area contributed by atoms with Crippen molar-refractivity contribution >= 4 is 11.3 Å². The maximum absolute atomic E-state index is 9.86. The smallest absolute Gasteiger partial charge is 0.0897 e. The Morgan fingerprint density at radius 2 is 2.20 bits per heavy atom. The van der Waals surface area contributed by atoms with Gasteiger partial charge in [-0.3, -0.25) is 0 Å². The van der Waals surface area contributed by atoms with E-state index in [2.05, 4.69) is 30.6 Å². The normalized spacial score (nSPS) is 14.3. The van der Waals surface area contributed by atoms with Gasteiger partial charge in [-0.1, -0.05) is 39.2 Å². The summed E-state index contributed by atoms with van der Waals surface area (Å²) in [5.41, 5.74) is 0. The van der Waals surface area contributed by atoms with Crippen LogP contribution in [0.15, 0.2) is 17.5 Å². The van der Waals surface area contributed by atoms with E-state index >= 15 is 0 Å². The van der Waals surface area contributed by atoms with Gasteiger partial charge in [0, 0.05) is 24.6 Å². The summed E-state index contributed by atoms with van der Waals surface area (Å²) >= 11 is 1.73. The lowest BCUT2D eigenvalue weighted by molar-refractivity contribution is 0.0193. The van der Waals surface area contributed by atoms with E-state index < -0.39 is 6.10 Å². The van der Waals surface area contributed by atoms with Crippen molar-refractivity contribution in [3.8, 4) is 0 Å². The predicted molar refractivity (Wildman–Crippen MR) is 86.2 cm³/mol. The highest BCUT2D eigenvalue weighted by Gasteiger charge is 2.08. The lowest BCUT2D eigenvalue weighted by Crippen LogP contribution is -2.30. The maximum atomic E-state index is 9.86. The number of aliphatic hydroxyl groups is 1. The molecule has 0 aliphatic heterocycles. The average Bonchev–Trinajstić information content (AvgIpc) is 2.96. The number of hydrogen-bond donors (Lipinski definition) is 2. The first-order valence-electron chi connectivity index (χ1n) is 7.75. The average molecular weight is 299 g/mol. The van der Waals surface area contributed by atoms with Crippen LogP contribution < -0.4 is 5.32 Å². The number of nitrogens with one attached hydrogen (secondary N) is 1.